The predicted octanol–water partition coefficient (Wildman–Crippen LogP) is 2.32. The molecule has 0 saturated heterocycles. The first-order valence-corrected chi connectivity index (χ1v) is 11.2. The maximum atomic E-state index is 11.0. The minimum Gasteiger partial charge on any atom is -0.379 e. The van der Waals surface area contributed by atoms with E-state index in [0.29, 0.717) is 13.2 Å². The van der Waals surface area contributed by atoms with E-state index in [1.54, 1.807) is 7.05 Å². The molecule has 1 aliphatic carbocycles. The second kappa shape index (κ2) is 10.8. The van der Waals surface area contributed by atoms with Gasteiger partial charge in [0, 0.05) is 36.3 Å². The monoisotopic (exact) mass is 559 g/mol. The molecule has 0 amide bonds. The van der Waals surface area contributed by atoms with Crippen molar-refractivity contribution in [2.75, 3.05) is 45.4 Å². The number of nitrogens with zero attached hydrogens (tertiary/aromatic N) is 1. The molecule has 0 aromatic heterocycles. The van der Waals surface area contributed by atoms with Crippen LogP contribution in [-0.4, -0.2) is 59.7 Å². The van der Waals surface area contributed by atoms with Gasteiger partial charge in [0.05, 0.1) is 19.0 Å². The van der Waals surface area contributed by atoms with Crippen LogP contribution in [0, 0.1) is 0 Å². The van der Waals surface area contributed by atoms with Gasteiger partial charge in [0.25, 0.3) is 0 Å². The molecule has 9 heteroatoms. The highest BCUT2D eigenvalue weighted by Gasteiger charge is 2.45. The highest BCUT2D eigenvalue weighted by molar-refractivity contribution is 14.0. The summed E-state index contributed by atoms with van der Waals surface area (Å²) in [4.78, 5) is 4.22. The number of hydrogen-bond donors (Lipinski definition) is 2. The Morgan fingerprint density at radius 2 is 1.96 bits per heavy atom. The zero-order chi connectivity index (χ0) is 18.3. The molecule has 0 heterocycles. The lowest BCUT2D eigenvalue weighted by atomic mass is 9.96. The van der Waals surface area contributed by atoms with Crippen LogP contribution in [0.1, 0.15) is 18.4 Å². The predicted molar refractivity (Wildman–Crippen MR) is 120 cm³/mol. The summed E-state index contributed by atoms with van der Waals surface area (Å²) in [5, 5.41) is 6.57. The van der Waals surface area contributed by atoms with E-state index < -0.39 is 9.84 Å². The van der Waals surface area contributed by atoms with Gasteiger partial charge in [-0.05, 0) is 24.5 Å². The van der Waals surface area contributed by atoms with Crippen molar-refractivity contribution in [1.82, 2.24) is 10.6 Å². The van der Waals surface area contributed by atoms with Gasteiger partial charge in [0.15, 0.2) is 5.96 Å². The van der Waals surface area contributed by atoms with Gasteiger partial charge in [0.2, 0.25) is 0 Å². The van der Waals surface area contributed by atoms with Crippen molar-refractivity contribution in [2.24, 2.45) is 4.99 Å². The van der Waals surface area contributed by atoms with E-state index in [0.717, 1.165) is 29.8 Å². The molecule has 148 valence electrons. The molecular weight excluding hydrogens is 533 g/mol. The average Bonchev–Trinajstić information content (AvgIpc) is 3.34. The van der Waals surface area contributed by atoms with Gasteiger partial charge in [-0.15, -0.1) is 24.0 Å². The molecule has 0 radical (unpaired) electrons. The molecule has 1 aromatic rings. The van der Waals surface area contributed by atoms with Crippen LogP contribution in [0.15, 0.2) is 33.7 Å². The van der Waals surface area contributed by atoms with Gasteiger partial charge in [-0.3, -0.25) is 4.99 Å². The van der Waals surface area contributed by atoms with Crippen molar-refractivity contribution >= 4 is 55.7 Å². The topological polar surface area (TPSA) is 79.8 Å². The summed E-state index contributed by atoms with van der Waals surface area (Å²) in [6, 6.07) is 8.35. The molecule has 1 fully saturated rings. The van der Waals surface area contributed by atoms with Crippen LogP contribution in [-0.2, 0) is 20.0 Å². The molecule has 0 unspecified atom stereocenters. The fourth-order valence-corrected chi connectivity index (χ4v) is 3.74. The van der Waals surface area contributed by atoms with E-state index in [2.05, 4.69) is 49.8 Å². The molecule has 2 rings (SSSR count). The summed E-state index contributed by atoms with van der Waals surface area (Å²) >= 11 is 3.64. The van der Waals surface area contributed by atoms with Gasteiger partial charge in [-0.25, -0.2) is 8.42 Å². The van der Waals surface area contributed by atoms with Crippen molar-refractivity contribution < 1.29 is 13.2 Å². The first-order chi connectivity index (χ1) is 11.9. The highest BCUT2D eigenvalue weighted by Crippen LogP contribution is 2.49. The fraction of sp³-hybridized carbons (Fsp3) is 0.588. The lowest BCUT2D eigenvalue weighted by molar-refractivity contribution is 0.154. The molecule has 1 aromatic carbocycles. The second-order valence-corrected chi connectivity index (χ2v) is 9.47. The quantitative estimate of drug-likeness (QED) is 0.210. The maximum absolute atomic E-state index is 11.0. The van der Waals surface area contributed by atoms with Crippen LogP contribution in [0.3, 0.4) is 0 Å². The number of sulfone groups is 1. The largest absolute Gasteiger partial charge is 0.379 e. The third kappa shape index (κ3) is 7.69. The van der Waals surface area contributed by atoms with Crippen LogP contribution in [0.2, 0.25) is 0 Å². The molecule has 6 nitrogen and oxygen atoms in total. The molecule has 0 aliphatic heterocycles. The standard InChI is InChI=1S/C17H26BrN3O3S.HI/c1-19-16(20-9-10-24-11-12-25(2,22)23)21-13-17(7-8-17)14-5-3-4-6-15(14)18;/h3-6H,7-13H2,1-2H3,(H2,19,20,21);1H. The summed E-state index contributed by atoms with van der Waals surface area (Å²) in [5.74, 6) is 0.777. The van der Waals surface area contributed by atoms with Gasteiger partial charge >= 0.3 is 0 Å². The summed E-state index contributed by atoms with van der Waals surface area (Å²) in [7, 11) is -1.23. The molecular formula is C17H27BrIN3O3S. The normalized spacial score (nSPS) is 15.9. The molecule has 0 atom stereocenters. The first kappa shape index (κ1) is 23.6. The van der Waals surface area contributed by atoms with Crippen LogP contribution in [0.4, 0.5) is 0 Å². The van der Waals surface area contributed by atoms with Gasteiger partial charge in [0.1, 0.15) is 9.84 Å². The summed E-state index contributed by atoms with van der Waals surface area (Å²) in [5.41, 5.74) is 1.51. The Morgan fingerprint density at radius 3 is 2.54 bits per heavy atom. The lowest BCUT2D eigenvalue weighted by Crippen LogP contribution is -2.42. The van der Waals surface area contributed by atoms with Crippen molar-refractivity contribution in [2.45, 2.75) is 18.3 Å². The highest BCUT2D eigenvalue weighted by atomic mass is 127. The number of guanidine groups is 1. The minimum absolute atomic E-state index is 0. The van der Waals surface area contributed by atoms with E-state index in [4.69, 9.17) is 4.74 Å². The van der Waals surface area contributed by atoms with Crippen LogP contribution in [0.25, 0.3) is 0 Å². The zero-order valence-electron chi connectivity index (χ0n) is 15.1. The van der Waals surface area contributed by atoms with E-state index >= 15 is 0 Å². The molecule has 0 bridgehead atoms. The number of hydrogen-bond acceptors (Lipinski definition) is 4. The van der Waals surface area contributed by atoms with E-state index in [1.165, 1.54) is 11.8 Å². The molecule has 2 N–H and O–H groups in total. The van der Waals surface area contributed by atoms with Gasteiger partial charge in [-0.2, -0.15) is 0 Å². The first-order valence-electron chi connectivity index (χ1n) is 8.31. The average molecular weight is 560 g/mol. The van der Waals surface area contributed by atoms with Crippen molar-refractivity contribution in [3.63, 3.8) is 0 Å². The van der Waals surface area contributed by atoms with Gasteiger partial charge in [-0.1, -0.05) is 34.1 Å². The second-order valence-electron chi connectivity index (χ2n) is 6.35. The van der Waals surface area contributed by atoms with Crippen LogP contribution < -0.4 is 10.6 Å². The van der Waals surface area contributed by atoms with E-state index in [-0.39, 0.29) is 41.8 Å². The SMILES string of the molecule is CN=C(NCCOCCS(C)(=O)=O)NCC1(c2ccccc2Br)CC1.I. The zero-order valence-corrected chi connectivity index (χ0v) is 19.9. The van der Waals surface area contributed by atoms with Crippen molar-refractivity contribution in [3.05, 3.63) is 34.3 Å². The lowest BCUT2D eigenvalue weighted by Gasteiger charge is -2.20. The van der Waals surface area contributed by atoms with Crippen LogP contribution >= 0.6 is 39.9 Å². The number of halogens is 2. The maximum Gasteiger partial charge on any atom is 0.191 e. The Kier molecular flexibility index (Phi) is 9.84. The Labute approximate surface area is 181 Å². The van der Waals surface area contributed by atoms with E-state index in [9.17, 15) is 8.42 Å². The summed E-state index contributed by atoms with van der Waals surface area (Å²) < 4.78 is 28.5. The number of nitrogens with one attached hydrogen (secondary N) is 2. The Morgan fingerprint density at radius 1 is 1.27 bits per heavy atom. The fourth-order valence-electron chi connectivity index (χ4n) is 2.61. The van der Waals surface area contributed by atoms with E-state index in [1.807, 2.05) is 6.07 Å². The number of ether oxygens (including phenoxy) is 1. The van der Waals surface area contributed by atoms with Crippen molar-refractivity contribution in [3.8, 4) is 0 Å². The minimum atomic E-state index is -2.97. The smallest absolute Gasteiger partial charge is 0.191 e. The van der Waals surface area contributed by atoms with Gasteiger partial charge < -0.3 is 15.4 Å². The Balaban J connectivity index is 0.00000338. The van der Waals surface area contributed by atoms with Crippen molar-refractivity contribution in [1.29, 1.82) is 0 Å². The molecule has 1 saturated carbocycles. The summed E-state index contributed by atoms with van der Waals surface area (Å²) in [6.45, 7) is 2.05. The molecule has 1 aliphatic rings. The third-order valence-corrected chi connectivity index (χ3v) is 5.85. The molecule has 0 spiro atoms. The Bertz CT molecular complexity index is 709. The number of rotatable bonds is 9. The number of benzene rings is 1. The number of aliphatic imine (C=N–C) groups is 1. The summed E-state index contributed by atoms with van der Waals surface area (Å²) in [6.07, 6.45) is 3.53. The third-order valence-electron chi connectivity index (χ3n) is 4.25. The molecule has 26 heavy (non-hydrogen) atoms. The van der Waals surface area contributed by atoms with Crippen LogP contribution in [0.5, 0.6) is 0 Å². The Hall–Kier alpha value is -0.390.